The van der Waals surface area contributed by atoms with Crippen LogP contribution in [0.5, 0.6) is 0 Å². The molecule has 0 atom stereocenters. The first-order valence-corrected chi connectivity index (χ1v) is 2.67. The van der Waals surface area contributed by atoms with Crippen molar-refractivity contribution < 1.29 is 0 Å². The summed E-state index contributed by atoms with van der Waals surface area (Å²) in [5, 5.41) is 10.3. The van der Waals surface area contributed by atoms with E-state index in [-0.39, 0.29) is 0 Å². The lowest BCUT2D eigenvalue weighted by Crippen LogP contribution is -2.15. The van der Waals surface area contributed by atoms with E-state index in [0.29, 0.717) is 6.04 Å². The van der Waals surface area contributed by atoms with Gasteiger partial charge in [-0.05, 0) is 7.05 Å². The molecule has 0 aromatic heterocycles. The predicted octanol–water partition coefficient (Wildman–Crippen LogP) is 1.14. The van der Waals surface area contributed by atoms with Crippen LogP contribution in [0.2, 0.25) is 0 Å². The Bertz CT molecular complexity index is 61.4. The molecule has 0 radical (unpaired) electrons. The third kappa shape index (κ3) is 51.3. The second-order valence-corrected chi connectivity index (χ2v) is 1.67. The molecule has 2 nitrogen and oxygen atoms in total. The van der Waals surface area contributed by atoms with Gasteiger partial charge in [-0.3, -0.25) is 0 Å². The van der Waals surface area contributed by atoms with Gasteiger partial charge in [-0.25, -0.2) is 0 Å². The van der Waals surface area contributed by atoms with Crippen LogP contribution in [-0.4, -0.2) is 13.1 Å². The van der Waals surface area contributed by atoms with Crippen LogP contribution in [0.15, 0.2) is 0 Å². The van der Waals surface area contributed by atoms with Gasteiger partial charge in [0.2, 0.25) is 0 Å². The monoisotopic (exact) mass is 114 g/mol. The van der Waals surface area contributed by atoms with Crippen molar-refractivity contribution in [1.82, 2.24) is 5.32 Å². The third-order valence-electron chi connectivity index (χ3n) is 0.577. The molecule has 48 valence electrons. The quantitative estimate of drug-likeness (QED) is 0.555. The van der Waals surface area contributed by atoms with Crippen LogP contribution in [0.3, 0.4) is 0 Å². The zero-order chi connectivity index (χ0) is 6.99. The van der Waals surface area contributed by atoms with Crippen molar-refractivity contribution in [2.45, 2.75) is 26.8 Å². The van der Waals surface area contributed by atoms with Crippen molar-refractivity contribution in [1.29, 1.82) is 5.26 Å². The minimum atomic E-state index is 0.634. The second kappa shape index (κ2) is 9.67. The Kier molecular flexibility index (Phi) is 12.6. The molecule has 0 bridgehead atoms. The number of hydrogen-bond donors (Lipinski definition) is 1. The van der Waals surface area contributed by atoms with Gasteiger partial charge in [0.25, 0.3) is 0 Å². The first kappa shape index (κ1) is 10.4. The number of nitriles is 1. The van der Waals surface area contributed by atoms with Crippen molar-refractivity contribution in [2.24, 2.45) is 0 Å². The Morgan fingerprint density at radius 2 is 1.62 bits per heavy atom. The zero-order valence-corrected chi connectivity index (χ0v) is 6.02. The fourth-order valence-corrected chi connectivity index (χ4v) is 0. The summed E-state index contributed by atoms with van der Waals surface area (Å²) in [5.74, 6) is 0. The highest BCUT2D eigenvalue weighted by atomic mass is 14.8. The Balaban J connectivity index is 0. The molecule has 0 saturated heterocycles. The minimum absolute atomic E-state index is 0.634. The van der Waals surface area contributed by atoms with Crippen LogP contribution in [0.4, 0.5) is 0 Å². The second-order valence-electron chi connectivity index (χ2n) is 1.67. The normalized spacial score (nSPS) is 7.00. The molecule has 0 aliphatic carbocycles. The summed E-state index contributed by atoms with van der Waals surface area (Å²) in [7, 11) is 1.95. The van der Waals surface area contributed by atoms with Gasteiger partial charge in [-0.15, -0.1) is 0 Å². The highest BCUT2D eigenvalue weighted by Gasteiger charge is 1.76. The van der Waals surface area contributed by atoms with Crippen LogP contribution in [0.25, 0.3) is 0 Å². The van der Waals surface area contributed by atoms with Crippen LogP contribution in [-0.2, 0) is 0 Å². The number of hydrogen-bond acceptors (Lipinski definition) is 2. The average molecular weight is 114 g/mol. The van der Waals surface area contributed by atoms with E-state index in [1.54, 1.807) is 6.07 Å². The lowest BCUT2D eigenvalue weighted by Gasteiger charge is -1.95. The maximum Gasteiger partial charge on any atom is 0.0587 e. The molecule has 0 heterocycles. The molecule has 0 fully saturated rings. The van der Waals surface area contributed by atoms with E-state index in [9.17, 15) is 0 Å². The molecule has 0 spiro atoms. The van der Waals surface area contributed by atoms with E-state index in [0.717, 1.165) is 0 Å². The van der Waals surface area contributed by atoms with E-state index in [2.05, 4.69) is 19.2 Å². The molecule has 0 amide bonds. The standard InChI is InChI=1S/C4H11N.C2H3N/c1-4(2)5-3;1-2-3/h4-5H,1-3H3;1H3. The first-order chi connectivity index (χ1) is 3.68. The summed E-state index contributed by atoms with van der Waals surface area (Å²) in [6.45, 7) is 5.65. The van der Waals surface area contributed by atoms with Gasteiger partial charge in [0.1, 0.15) is 0 Å². The summed E-state index contributed by atoms with van der Waals surface area (Å²) in [4.78, 5) is 0. The maximum absolute atomic E-state index is 7.32. The highest BCUT2D eigenvalue weighted by Crippen LogP contribution is 1.66. The van der Waals surface area contributed by atoms with Crippen molar-refractivity contribution in [3.63, 3.8) is 0 Å². The molecule has 0 aromatic carbocycles. The molecule has 0 aromatic rings. The van der Waals surface area contributed by atoms with Gasteiger partial charge < -0.3 is 5.32 Å². The third-order valence-corrected chi connectivity index (χ3v) is 0.577. The number of nitrogens with zero attached hydrogens (tertiary/aromatic N) is 1. The molecule has 8 heavy (non-hydrogen) atoms. The van der Waals surface area contributed by atoms with Gasteiger partial charge in [0.05, 0.1) is 6.07 Å². The van der Waals surface area contributed by atoms with E-state index in [1.807, 2.05) is 7.05 Å². The van der Waals surface area contributed by atoms with E-state index in [4.69, 9.17) is 5.26 Å². The lowest BCUT2D eigenvalue weighted by molar-refractivity contribution is 0.668. The van der Waals surface area contributed by atoms with Gasteiger partial charge in [0, 0.05) is 13.0 Å². The van der Waals surface area contributed by atoms with Crippen molar-refractivity contribution in [2.75, 3.05) is 7.05 Å². The van der Waals surface area contributed by atoms with Gasteiger partial charge in [-0.1, -0.05) is 13.8 Å². The summed E-state index contributed by atoms with van der Waals surface area (Å²) >= 11 is 0. The smallest absolute Gasteiger partial charge is 0.0587 e. The molecule has 1 N–H and O–H groups in total. The van der Waals surface area contributed by atoms with Crippen molar-refractivity contribution in [3.05, 3.63) is 0 Å². The fraction of sp³-hybridized carbons (Fsp3) is 0.833. The predicted molar refractivity (Wildman–Crippen MR) is 35.5 cm³/mol. The van der Waals surface area contributed by atoms with Crippen molar-refractivity contribution in [3.8, 4) is 6.07 Å². The summed E-state index contributed by atoms with van der Waals surface area (Å²) in [6, 6.07) is 2.38. The van der Waals surface area contributed by atoms with Crippen LogP contribution >= 0.6 is 0 Å². The lowest BCUT2D eigenvalue weighted by atomic mass is 10.4. The topological polar surface area (TPSA) is 35.8 Å². The van der Waals surface area contributed by atoms with E-state index >= 15 is 0 Å². The summed E-state index contributed by atoms with van der Waals surface area (Å²) < 4.78 is 0. The molecule has 0 unspecified atom stereocenters. The van der Waals surface area contributed by atoms with Crippen LogP contribution in [0, 0.1) is 11.3 Å². The first-order valence-electron chi connectivity index (χ1n) is 2.67. The SMILES string of the molecule is CC#N.CNC(C)C. The largest absolute Gasteiger partial charge is 0.318 e. The Morgan fingerprint density at radius 3 is 1.62 bits per heavy atom. The van der Waals surface area contributed by atoms with Gasteiger partial charge in [-0.2, -0.15) is 5.26 Å². The Morgan fingerprint density at radius 1 is 1.50 bits per heavy atom. The van der Waals surface area contributed by atoms with E-state index in [1.165, 1.54) is 6.92 Å². The van der Waals surface area contributed by atoms with E-state index < -0.39 is 0 Å². The maximum atomic E-state index is 7.32. The fourth-order valence-electron chi connectivity index (χ4n) is 0. The molecule has 0 aliphatic rings. The molecule has 0 saturated carbocycles. The molecule has 0 aliphatic heterocycles. The summed E-state index contributed by atoms with van der Waals surface area (Å²) in [6.07, 6.45) is 0. The average Bonchev–Trinajstić information content (AvgIpc) is 1.69. The molecular formula is C6H14N2. The molecule has 2 heteroatoms. The van der Waals surface area contributed by atoms with Gasteiger partial charge in [0.15, 0.2) is 0 Å². The number of nitrogens with one attached hydrogen (secondary N) is 1. The zero-order valence-electron chi connectivity index (χ0n) is 6.02. The molecule has 0 rings (SSSR count). The van der Waals surface area contributed by atoms with Crippen LogP contribution in [0.1, 0.15) is 20.8 Å². The highest BCUT2D eigenvalue weighted by molar-refractivity contribution is 4.51. The number of rotatable bonds is 1. The van der Waals surface area contributed by atoms with Gasteiger partial charge >= 0.3 is 0 Å². The Labute approximate surface area is 51.5 Å². The molecular weight excluding hydrogens is 100 g/mol. The van der Waals surface area contributed by atoms with Crippen LogP contribution < -0.4 is 5.32 Å². The Hall–Kier alpha value is -0.550. The summed E-state index contributed by atoms with van der Waals surface area (Å²) in [5.41, 5.74) is 0. The minimum Gasteiger partial charge on any atom is -0.318 e. The van der Waals surface area contributed by atoms with Crippen molar-refractivity contribution >= 4 is 0 Å².